The van der Waals surface area contributed by atoms with Gasteiger partial charge in [-0.1, -0.05) is 0 Å². The number of thiophene rings is 1. The van der Waals surface area contributed by atoms with Crippen LogP contribution in [-0.4, -0.2) is 61.9 Å². The van der Waals surface area contributed by atoms with Gasteiger partial charge in [0.05, 0.1) is 17.1 Å². The molecule has 3 heterocycles. The molecule has 0 aliphatic carbocycles. The van der Waals surface area contributed by atoms with Crippen molar-refractivity contribution in [2.45, 2.75) is 44.1 Å². The molecule has 0 atom stereocenters. The standard InChI is InChI=1S/C16H24N2O4S2/c1-12-10-15(13(2)23-12)24(20,21)18-8-9-22-16(11-18)4-6-17(7-5-16)14(3)19/h10H,4-9,11H2,1-3H3. The zero-order valence-electron chi connectivity index (χ0n) is 14.4. The molecule has 2 fully saturated rings. The number of piperidine rings is 1. The molecule has 1 aromatic heterocycles. The van der Waals surface area contributed by atoms with Crippen molar-refractivity contribution >= 4 is 27.3 Å². The van der Waals surface area contributed by atoms with Crippen LogP contribution >= 0.6 is 11.3 Å². The minimum atomic E-state index is -3.49. The first-order valence-electron chi connectivity index (χ1n) is 8.20. The first-order valence-corrected chi connectivity index (χ1v) is 10.5. The highest BCUT2D eigenvalue weighted by Gasteiger charge is 2.43. The maximum atomic E-state index is 13.0. The molecule has 2 aliphatic heterocycles. The summed E-state index contributed by atoms with van der Waals surface area (Å²) in [6, 6.07) is 1.76. The van der Waals surface area contributed by atoms with E-state index in [9.17, 15) is 13.2 Å². The number of nitrogens with zero attached hydrogens (tertiary/aromatic N) is 2. The summed E-state index contributed by atoms with van der Waals surface area (Å²) in [5.41, 5.74) is -0.462. The smallest absolute Gasteiger partial charge is 0.244 e. The summed E-state index contributed by atoms with van der Waals surface area (Å²) in [5.74, 6) is 0.0644. The van der Waals surface area contributed by atoms with Crippen LogP contribution in [0.5, 0.6) is 0 Å². The van der Waals surface area contributed by atoms with Crippen LogP contribution in [0.25, 0.3) is 0 Å². The Labute approximate surface area is 147 Å². The number of carbonyl (C=O) groups is 1. The molecule has 134 valence electrons. The molecule has 6 nitrogen and oxygen atoms in total. The van der Waals surface area contributed by atoms with E-state index in [1.807, 2.05) is 13.8 Å². The predicted molar refractivity (Wildman–Crippen MR) is 92.7 cm³/mol. The van der Waals surface area contributed by atoms with E-state index in [1.54, 1.807) is 22.2 Å². The van der Waals surface area contributed by atoms with Gasteiger partial charge in [0.2, 0.25) is 15.9 Å². The van der Waals surface area contributed by atoms with Crippen molar-refractivity contribution in [3.8, 4) is 0 Å². The summed E-state index contributed by atoms with van der Waals surface area (Å²) in [7, 11) is -3.49. The van der Waals surface area contributed by atoms with Crippen molar-refractivity contribution in [2.75, 3.05) is 32.8 Å². The first kappa shape index (κ1) is 17.8. The van der Waals surface area contributed by atoms with E-state index < -0.39 is 15.6 Å². The summed E-state index contributed by atoms with van der Waals surface area (Å²) in [4.78, 5) is 15.6. The molecule has 1 spiro atoms. The number of hydrogen-bond donors (Lipinski definition) is 0. The number of carbonyl (C=O) groups excluding carboxylic acids is 1. The minimum absolute atomic E-state index is 0.0644. The van der Waals surface area contributed by atoms with E-state index in [-0.39, 0.29) is 5.91 Å². The summed E-state index contributed by atoms with van der Waals surface area (Å²) < 4.78 is 33.6. The largest absolute Gasteiger partial charge is 0.372 e. The zero-order chi connectivity index (χ0) is 17.5. The van der Waals surface area contributed by atoms with Crippen LogP contribution in [-0.2, 0) is 19.6 Å². The SMILES string of the molecule is CC(=O)N1CCC2(CC1)CN(S(=O)(=O)c1cc(C)sc1C)CCO2. The molecule has 0 aromatic carbocycles. The van der Waals surface area contributed by atoms with Gasteiger partial charge >= 0.3 is 0 Å². The maximum absolute atomic E-state index is 13.0. The Kier molecular flexibility index (Phi) is 4.76. The van der Waals surface area contributed by atoms with Crippen LogP contribution in [0.4, 0.5) is 0 Å². The quantitative estimate of drug-likeness (QED) is 0.793. The number of hydrogen-bond acceptors (Lipinski definition) is 5. The van der Waals surface area contributed by atoms with E-state index in [1.165, 1.54) is 11.3 Å². The Morgan fingerprint density at radius 1 is 1.25 bits per heavy atom. The van der Waals surface area contributed by atoms with Crippen LogP contribution in [0.1, 0.15) is 29.5 Å². The highest BCUT2D eigenvalue weighted by atomic mass is 32.2. The van der Waals surface area contributed by atoms with Crippen LogP contribution < -0.4 is 0 Å². The zero-order valence-corrected chi connectivity index (χ0v) is 16.0. The Balaban J connectivity index is 1.79. The third-order valence-electron chi connectivity index (χ3n) is 4.95. The van der Waals surface area contributed by atoms with Gasteiger partial charge in [0.25, 0.3) is 0 Å². The fraction of sp³-hybridized carbons (Fsp3) is 0.688. The molecule has 8 heteroatoms. The molecule has 0 bridgehead atoms. The minimum Gasteiger partial charge on any atom is -0.372 e. The number of morpholine rings is 1. The third kappa shape index (κ3) is 3.24. The summed E-state index contributed by atoms with van der Waals surface area (Å²) in [6.45, 7) is 7.75. The van der Waals surface area contributed by atoms with Crippen molar-refractivity contribution < 1.29 is 17.9 Å². The Morgan fingerprint density at radius 2 is 1.92 bits per heavy atom. The fourth-order valence-corrected chi connectivity index (χ4v) is 6.57. The molecular formula is C16H24N2O4S2. The fourth-order valence-electron chi connectivity index (χ4n) is 3.55. The molecule has 2 saturated heterocycles. The van der Waals surface area contributed by atoms with E-state index in [0.717, 1.165) is 9.75 Å². The second-order valence-electron chi connectivity index (χ2n) is 6.65. The average Bonchev–Trinajstić information content (AvgIpc) is 2.87. The summed E-state index contributed by atoms with van der Waals surface area (Å²) in [5, 5.41) is 0. The molecular weight excluding hydrogens is 348 g/mol. The van der Waals surface area contributed by atoms with Gasteiger partial charge in [-0.05, 0) is 32.8 Å². The second-order valence-corrected chi connectivity index (χ2v) is 10.0. The Bertz CT molecular complexity index is 733. The third-order valence-corrected chi connectivity index (χ3v) is 8.01. The lowest BCUT2D eigenvalue weighted by Gasteiger charge is -2.46. The van der Waals surface area contributed by atoms with Crippen LogP contribution in [0, 0.1) is 13.8 Å². The summed E-state index contributed by atoms with van der Waals surface area (Å²) in [6.07, 6.45) is 1.36. The van der Waals surface area contributed by atoms with Gasteiger partial charge in [-0.2, -0.15) is 4.31 Å². The number of rotatable bonds is 2. The first-order chi connectivity index (χ1) is 11.2. The molecule has 24 heavy (non-hydrogen) atoms. The van der Waals surface area contributed by atoms with Gasteiger partial charge in [-0.3, -0.25) is 4.79 Å². The van der Waals surface area contributed by atoms with Crippen molar-refractivity contribution in [1.29, 1.82) is 0 Å². The second kappa shape index (κ2) is 6.40. The average molecular weight is 373 g/mol. The summed E-state index contributed by atoms with van der Waals surface area (Å²) >= 11 is 1.51. The van der Waals surface area contributed by atoms with Crippen LogP contribution in [0.2, 0.25) is 0 Å². The highest BCUT2D eigenvalue weighted by molar-refractivity contribution is 7.89. The predicted octanol–water partition coefficient (Wildman–Crippen LogP) is 1.77. The van der Waals surface area contributed by atoms with E-state index in [4.69, 9.17) is 4.74 Å². The normalized spacial score (nSPS) is 22.0. The monoisotopic (exact) mass is 372 g/mol. The van der Waals surface area contributed by atoms with E-state index in [2.05, 4.69) is 0 Å². The van der Waals surface area contributed by atoms with Gasteiger partial charge in [-0.25, -0.2) is 8.42 Å². The molecule has 1 aromatic rings. The molecule has 0 N–H and O–H groups in total. The molecule has 0 radical (unpaired) electrons. The molecule has 0 unspecified atom stereocenters. The number of likely N-dealkylation sites (tertiary alicyclic amines) is 1. The lowest BCUT2D eigenvalue weighted by Crippen LogP contribution is -2.58. The molecule has 0 saturated carbocycles. The number of amides is 1. The van der Waals surface area contributed by atoms with E-state index >= 15 is 0 Å². The van der Waals surface area contributed by atoms with Crippen molar-refractivity contribution in [1.82, 2.24) is 9.21 Å². The van der Waals surface area contributed by atoms with Crippen molar-refractivity contribution in [2.24, 2.45) is 0 Å². The Hall–Kier alpha value is -0.960. The number of ether oxygens (including phenoxy) is 1. The van der Waals surface area contributed by atoms with Gasteiger partial charge in [0.15, 0.2) is 0 Å². The van der Waals surface area contributed by atoms with Crippen molar-refractivity contribution in [3.05, 3.63) is 15.8 Å². The van der Waals surface area contributed by atoms with E-state index in [0.29, 0.717) is 50.5 Å². The van der Waals surface area contributed by atoms with Crippen LogP contribution in [0.15, 0.2) is 11.0 Å². The molecule has 2 aliphatic rings. The number of sulfonamides is 1. The van der Waals surface area contributed by atoms with Crippen LogP contribution in [0.3, 0.4) is 0 Å². The molecule has 1 amide bonds. The van der Waals surface area contributed by atoms with Gasteiger partial charge in [0.1, 0.15) is 0 Å². The number of aryl methyl sites for hydroxylation is 2. The lowest BCUT2D eigenvalue weighted by molar-refractivity contribution is -0.142. The van der Waals surface area contributed by atoms with Gasteiger partial charge in [-0.15, -0.1) is 11.3 Å². The molecule has 3 rings (SSSR count). The van der Waals surface area contributed by atoms with Gasteiger partial charge < -0.3 is 9.64 Å². The topological polar surface area (TPSA) is 66.9 Å². The Morgan fingerprint density at radius 3 is 2.46 bits per heavy atom. The van der Waals surface area contributed by atoms with Gasteiger partial charge in [0, 0.05) is 42.9 Å². The highest BCUT2D eigenvalue weighted by Crippen LogP contribution is 2.34. The maximum Gasteiger partial charge on any atom is 0.244 e. The van der Waals surface area contributed by atoms with Crippen molar-refractivity contribution in [3.63, 3.8) is 0 Å². The lowest BCUT2D eigenvalue weighted by atomic mass is 9.90.